The summed E-state index contributed by atoms with van der Waals surface area (Å²) in [7, 11) is 0. The van der Waals surface area contributed by atoms with Gasteiger partial charge in [0.1, 0.15) is 5.75 Å². The number of hydrogen-bond donors (Lipinski definition) is 2. The predicted molar refractivity (Wildman–Crippen MR) is 75.9 cm³/mol. The van der Waals surface area contributed by atoms with Crippen molar-refractivity contribution in [2.75, 3.05) is 13.2 Å². The van der Waals surface area contributed by atoms with Gasteiger partial charge in [-0.3, -0.25) is 4.79 Å². The zero-order valence-electron chi connectivity index (χ0n) is 10.3. The first-order valence-corrected chi connectivity index (χ1v) is 6.58. The van der Waals surface area contributed by atoms with Crippen LogP contribution in [0.3, 0.4) is 0 Å². The Balaban J connectivity index is 2.43. The Morgan fingerprint density at radius 2 is 2.22 bits per heavy atom. The number of carbonyl (C=O) groups excluding carboxylic acids is 1. The molecule has 0 aliphatic rings. The van der Waals surface area contributed by atoms with Gasteiger partial charge in [0.05, 0.1) is 5.02 Å². The molecule has 0 aliphatic carbocycles. The second kappa shape index (κ2) is 6.41. The van der Waals surface area contributed by atoms with Crippen LogP contribution in [0.4, 0.5) is 0 Å². The van der Waals surface area contributed by atoms with Crippen molar-refractivity contribution in [2.45, 2.75) is 19.4 Å². The number of halogens is 2. The van der Waals surface area contributed by atoms with E-state index in [-0.39, 0.29) is 12.5 Å². The third-order valence-electron chi connectivity index (χ3n) is 1.99. The fraction of sp³-hybridized carbons (Fsp3) is 0.417. The lowest BCUT2D eigenvalue weighted by atomic mass is 10.1. The quantitative estimate of drug-likeness (QED) is 0.868. The van der Waals surface area contributed by atoms with Crippen molar-refractivity contribution in [1.29, 1.82) is 0 Å². The average Bonchev–Trinajstić information content (AvgIpc) is 2.24. The molecule has 0 atom stereocenters. The third-order valence-corrected chi connectivity index (χ3v) is 2.78. The van der Waals surface area contributed by atoms with Crippen molar-refractivity contribution in [2.24, 2.45) is 5.73 Å². The van der Waals surface area contributed by atoms with E-state index in [1.807, 2.05) is 13.8 Å². The Morgan fingerprint density at radius 3 is 2.78 bits per heavy atom. The molecule has 18 heavy (non-hydrogen) atoms. The minimum absolute atomic E-state index is 0.0859. The van der Waals surface area contributed by atoms with Crippen molar-refractivity contribution in [3.63, 3.8) is 0 Å². The van der Waals surface area contributed by atoms with Gasteiger partial charge in [-0.1, -0.05) is 27.5 Å². The maximum absolute atomic E-state index is 11.5. The fourth-order valence-corrected chi connectivity index (χ4v) is 1.84. The normalized spacial score (nSPS) is 11.2. The highest BCUT2D eigenvalue weighted by molar-refractivity contribution is 9.10. The van der Waals surface area contributed by atoms with E-state index in [0.29, 0.717) is 17.3 Å². The first-order chi connectivity index (χ1) is 8.28. The van der Waals surface area contributed by atoms with Gasteiger partial charge in [0.2, 0.25) is 0 Å². The van der Waals surface area contributed by atoms with Gasteiger partial charge in [0.25, 0.3) is 5.91 Å². The number of nitrogens with one attached hydrogen (secondary N) is 1. The van der Waals surface area contributed by atoms with Gasteiger partial charge in [-0.05, 0) is 32.0 Å². The molecule has 0 fully saturated rings. The summed E-state index contributed by atoms with van der Waals surface area (Å²) < 4.78 is 6.17. The number of ether oxygens (including phenoxy) is 1. The van der Waals surface area contributed by atoms with Gasteiger partial charge in [0.15, 0.2) is 6.61 Å². The summed E-state index contributed by atoms with van der Waals surface area (Å²) in [6.07, 6.45) is 0. The molecule has 100 valence electrons. The van der Waals surface area contributed by atoms with Crippen LogP contribution < -0.4 is 15.8 Å². The molecule has 0 unspecified atom stereocenters. The van der Waals surface area contributed by atoms with Crippen LogP contribution in [0.2, 0.25) is 5.02 Å². The lowest BCUT2D eigenvalue weighted by Crippen LogP contribution is -2.46. The number of amides is 1. The van der Waals surface area contributed by atoms with Crippen molar-refractivity contribution < 1.29 is 9.53 Å². The largest absolute Gasteiger partial charge is 0.482 e. The summed E-state index contributed by atoms with van der Waals surface area (Å²) in [6, 6.07) is 5.20. The van der Waals surface area contributed by atoms with E-state index < -0.39 is 5.54 Å². The van der Waals surface area contributed by atoms with Crippen molar-refractivity contribution in [1.82, 2.24) is 5.32 Å². The number of rotatable bonds is 5. The number of carbonyl (C=O) groups is 1. The van der Waals surface area contributed by atoms with Gasteiger partial charge < -0.3 is 15.8 Å². The topological polar surface area (TPSA) is 64.3 Å². The summed E-state index contributed by atoms with van der Waals surface area (Å²) in [5.74, 6) is 0.245. The number of hydrogen-bond acceptors (Lipinski definition) is 3. The lowest BCUT2D eigenvalue weighted by Gasteiger charge is -2.19. The molecule has 0 spiro atoms. The molecule has 3 N–H and O–H groups in total. The molecule has 0 heterocycles. The monoisotopic (exact) mass is 334 g/mol. The Hall–Kier alpha value is -0.780. The van der Waals surface area contributed by atoms with Crippen LogP contribution in [-0.4, -0.2) is 24.6 Å². The number of benzene rings is 1. The van der Waals surface area contributed by atoms with E-state index in [9.17, 15) is 4.79 Å². The van der Waals surface area contributed by atoms with Gasteiger partial charge in [-0.2, -0.15) is 0 Å². The number of nitrogens with two attached hydrogens (primary N) is 1. The fourth-order valence-electron chi connectivity index (χ4n) is 1.11. The summed E-state index contributed by atoms with van der Waals surface area (Å²) in [4.78, 5) is 11.5. The molecule has 1 aromatic rings. The smallest absolute Gasteiger partial charge is 0.258 e. The molecule has 1 rings (SSSR count). The molecule has 1 amide bonds. The Kier molecular flexibility index (Phi) is 5.44. The Labute approximate surface area is 120 Å². The van der Waals surface area contributed by atoms with Gasteiger partial charge >= 0.3 is 0 Å². The maximum atomic E-state index is 11.5. The summed E-state index contributed by atoms with van der Waals surface area (Å²) >= 11 is 9.25. The highest BCUT2D eigenvalue weighted by Crippen LogP contribution is 2.27. The van der Waals surface area contributed by atoms with E-state index in [1.165, 1.54) is 0 Å². The molecule has 6 heteroatoms. The summed E-state index contributed by atoms with van der Waals surface area (Å²) in [6.45, 7) is 3.97. The van der Waals surface area contributed by atoms with E-state index in [2.05, 4.69) is 21.2 Å². The minimum Gasteiger partial charge on any atom is -0.482 e. The average molecular weight is 336 g/mol. The highest BCUT2D eigenvalue weighted by atomic mass is 79.9. The summed E-state index contributed by atoms with van der Waals surface area (Å²) in [5.41, 5.74) is 5.31. The minimum atomic E-state index is -0.440. The van der Waals surface area contributed by atoms with Crippen LogP contribution >= 0.6 is 27.5 Å². The first-order valence-electron chi connectivity index (χ1n) is 5.41. The SMILES string of the molecule is CC(C)(N)CNC(=O)COc1ccc(Br)cc1Cl. The zero-order valence-corrected chi connectivity index (χ0v) is 12.6. The third kappa shape index (κ3) is 5.71. The lowest BCUT2D eigenvalue weighted by molar-refractivity contribution is -0.123. The second-order valence-electron chi connectivity index (χ2n) is 4.63. The van der Waals surface area contributed by atoms with E-state index >= 15 is 0 Å². The Bertz CT molecular complexity index is 433. The molecule has 4 nitrogen and oxygen atoms in total. The maximum Gasteiger partial charge on any atom is 0.258 e. The van der Waals surface area contributed by atoms with E-state index in [1.54, 1.807) is 18.2 Å². The molecular weight excluding hydrogens is 320 g/mol. The molecular formula is C12H16BrClN2O2. The van der Waals surface area contributed by atoms with Crippen molar-refractivity contribution in [3.05, 3.63) is 27.7 Å². The summed E-state index contributed by atoms with van der Waals surface area (Å²) in [5, 5.41) is 3.14. The standard InChI is InChI=1S/C12H16BrClN2O2/c1-12(2,15)7-16-11(17)6-18-10-4-3-8(13)5-9(10)14/h3-5H,6-7,15H2,1-2H3,(H,16,17). The Morgan fingerprint density at radius 1 is 1.56 bits per heavy atom. The molecule has 0 saturated carbocycles. The van der Waals surface area contributed by atoms with Crippen LogP contribution in [0.25, 0.3) is 0 Å². The molecule has 0 aromatic heterocycles. The van der Waals surface area contributed by atoms with Crippen LogP contribution in [0.15, 0.2) is 22.7 Å². The molecule has 0 aliphatic heterocycles. The van der Waals surface area contributed by atoms with E-state index in [0.717, 1.165) is 4.47 Å². The molecule has 1 aromatic carbocycles. The molecule has 0 radical (unpaired) electrons. The van der Waals surface area contributed by atoms with Gasteiger partial charge in [-0.25, -0.2) is 0 Å². The van der Waals surface area contributed by atoms with Crippen LogP contribution in [0.1, 0.15) is 13.8 Å². The van der Waals surface area contributed by atoms with Crippen LogP contribution in [-0.2, 0) is 4.79 Å². The van der Waals surface area contributed by atoms with Crippen LogP contribution in [0.5, 0.6) is 5.75 Å². The molecule has 0 bridgehead atoms. The van der Waals surface area contributed by atoms with Gasteiger partial charge in [-0.15, -0.1) is 0 Å². The zero-order chi connectivity index (χ0) is 13.8. The highest BCUT2D eigenvalue weighted by Gasteiger charge is 2.12. The van der Waals surface area contributed by atoms with Crippen LogP contribution in [0, 0.1) is 0 Å². The predicted octanol–water partition coefficient (Wildman–Crippen LogP) is 2.33. The van der Waals surface area contributed by atoms with Crippen molar-refractivity contribution in [3.8, 4) is 5.75 Å². The second-order valence-corrected chi connectivity index (χ2v) is 5.95. The first kappa shape index (κ1) is 15.3. The molecule has 0 saturated heterocycles. The van der Waals surface area contributed by atoms with Crippen molar-refractivity contribution >= 4 is 33.4 Å². The van der Waals surface area contributed by atoms with E-state index in [4.69, 9.17) is 22.1 Å². The van der Waals surface area contributed by atoms with Gasteiger partial charge in [0, 0.05) is 16.6 Å².